The largest absolute Gasteiger partial charge is 0.416 e. The number of alkyl halides is 3. The van der Waals surface area contributed by atoms with Crippen molar-refractivity contribution < 1.29 is 22.5 Å². The average molecular weight is 558 g/mol. The highest BCUT2D eigenvalue weighted by atomic mass is 35.5. The van der Waals surface area contributed by atoms with Crippen molar-refractivity contribution in [3.63, 3.8) is 0 Å². The van der Waals surface area contributed by atoms with E-state index in [9.17, 15) is 18.0 Å². The Morgan fingerprint density at radius 3 is 2.54 bits per heavy atom. The highest BCUT2D eigenvalue weighted by molar-refractivity contribution is 6.30. The number of carbonyl (C=O) groups excluding carboxylic acids is 1. The summed E-state index contributed by atoms with van der Waals surface area (Å²) in [4.78, 5) is 26.3. The van der Waals surface area contributed by atoms with Crippen LogP contribution < -0.4 is 4.90 Å². The zero-order chi connectivity index (χ0) is 27.7. The molecule has 7 nitrogen and oxygen atoms in total. The van der Waals surface area contributed by atoms with Crippen LogP contribution in [0.15, 0.2) is 53.1 Å². The van der Waals surface area contributed by atoms with Gasteiger partial charge in [0, 0.05) is 48.7 Å². The van der Waals surface area contributed by atoms with Gasteiger partial charge in [-0.05, 0) is 48.7 Å². The fourth-order valence-electron chi connectivity index (χ4n) is 4.71. The van der Waals surface area contributed by atoms with Crippen LogP contribution in [0.4, 0.5) is 19.0 Å². The minimum Gasteiger partial charge on any atom is -0.354 e. The Morgan fingerprint density at radius 1 is 1.05 bits per heavy atom. The molecular formula is C28H27ClF3N5O2. The second-order valence-electron chi connectivity index (χ2n) is 9.99. The Kier molecular flexibility index (Phi) is 7.48. The number of anilines is 1. The lowest BCUT2D eigenvalue weighted by molar-refractivity contribution is -0.137. The quantitative estimate of drug-likeness (QED) is 0.278. The third-order valence-electron chi connectivity index (χ3n) is 6.59. The van der Waals surface area contributed by atoms with E-state index in [1.807, 2.05) is 18.7 Å². The van der Waals surface area contributed by atoms with Crippen molar-refractivity contribution in [3.8, 4) is 11.3 Å². The van der Waals surface area contributed by atoms with E-state index >= 15 is 0 Å². The lowest BCUT2D eigenvalue weighted by Gasteiger charge is -2.24. The molecule has 0 radical (unpaired) electrons. The molecule has 2 aromatic carbocycles. The van der Waals surface area contributed by atoms with Gasteiger partial charge >= 0.3 is 6.18 Å². The lowest BCUT2D eigenvalue weighted by atomic mass is 10.1. The van der Waals surface area contributed by atoms with Crippen molar-refractivity contribution in [2.75, 3.05) is 31.1 Å². The average Bonchev–Trinajstić information content (AvgIpc) is 3.16. The molecule has 39 heavy (non-hydrogen) atoms. The van der Waals surface area contributed by atoms with Gasteiger partial charge in [0.05, 0.1) is 5.56 Å². The van der Waals surface area contributed by atoms with Crippen molar-refractivity contribution >= 4 is 34.4 Å². The van der Waals surface area contributed by atoms with Crippen molar-refractivity contribution in [2.24, 2.45) is 5.92 Å². The van der Waals surface area contributed by atoms with E-state index in [0.29, 0.717) is 66.6 Å². The maximum Gasteiger partial charge on any atom is 0.416 e. The molecule has 0 atom stereocenters. The molecule has 1 aliphatic rings. The molecule has 0 bridgehead atoms. The summed E-state index contributed by atoms with van der Waals surface area (Å²) in [7, 11) is 0. The summed E-state index contributed by atoms with van der Waals surface area (Å²) < 4.78 is 45.9. The molecule has 5 rings (SSSR count). The molecule has 0 N–H and O–H groups in total. The van der Waals surface area contributed by atoms with Crippen LogP contribution >= 0.6 is 11.6 Å². The van der Waals surface area contributed by atoms with Crippen molar-refractivity contribution in [1.29, 1.82) is 0 Å². The summed E-state index contributed by atoms with van der Waals surface area (Å²) in [6.45, 7) is 6.15. The van der Waals surface area contributed by atoms with Crippen molar-refractivity contribution in [3.05, 3.63) is 70.5 Å². The van der Waals surface area contributed by atoms with Gasteiger partial charge in [-0.1, -0.05) is 42.7 Å². The zero-order valence-electron chi connectivity index (χ0n) is 21.5. The maximum absolute atomic E-state index is 13.4. The first-order valence-electron chi connectivity index (χ1n) is 12.7. The van der Waals surface area contributed by atoms with Gasteiger partial charge in [0.2, 0.25) is 0 Å². The third-order valence-corrected chi connectivity index (χ3v) is 6.84. The van der Waals surface area contributed by atoms with Crippen molar-refractivity contribution in [2.45, 2.75) is 32.9 Å². The van der Waals surface area contributed by atoms with Gasteiger partial charge in [0.15, 0.2) is 0 Å². The SMILES string of the molecule is CC(C)Cc1nc(N2CCCN(C(=O)c3ccc(Cl)cc3)CC2)c2c(-c3cccc(C(F)(F)F)c3)noc2n1. The molecule has 1 fully saturated rings. The Balaban J connectivity index is 1.52. The molecule has 0 spiro atoms. The van der Waals surface area contributed by atoms with Gasteiger partial charge in [-0.3, -0.25) is 4.79 Å². The molecular weight excluding hydrogens is 531 g/mol. The van der Waals surface area contributed by atoms with Crippen LogP contribution in [-0.4, -0.2) is 52.1 Å². The van der Waals surface area contributed by atoms with Gasteiger partial charge in [-0.25, -0.2) is 4.98 Å². The van der Waals surface area contributed by atoms with Gasteiger partial charge in [0.25, 0.3) is 11.6 Å². The van der Waals surface area contributed by atoms with E-state index in [0.717, 1.165) is 12.1 Å². The fourth-order valence-corrected chi connectivity index (χ4v) is 4.84. The van der Waals surface area contributed by atoms with Crippen LogP contribution in [0.25, 0.3) is 22.4 Å². The predicted molar refractivity (Wildman–Crippen MR) is 143 cm³/mol. The first kappa shape index (κ1) is 26.9. The summed E-state index contributed by atoms with van der Waals surface area (Å²) in [5, 5.41) is 5.15. The smallest absolute Gasteiger partial charge is 0.354 e. The standard InChI is InChI=1S/C28H27ClF3N5O2/c1-17(2)15-22-33-25(36-11-4-12-37(14-13-36)27(38)18-7-9-21(29)10-8-18)23-24(35-39-26(23)34-22)19-5-3-6-20(16-19)28(30,31)32/h3,5-10,16-17H,4,11-15H2,1-2H3. The first-order chi connectivity index (χ1) is 18.6. The number of rotatable bonds is 5. The van der Waals surface area contributed by atoms with E-state index in [2.05, 4.69) is 10.1 Å². The molecule has 1 saturated heterocycles. The summed E-state index contributed by atoms with van der Waals surface area (Å²) >= 11 is 5.97. The summed E-state index contributed by atoms with van der Waals surface area (Å²) in [6.07, 6.45) is -3.23. The molecule has 0 unspecified atom stereocenters. The van der Waals surface area contributed by atoms with Gasteiger partial charge in [-0.2, -0.15) is 18.2 Å². The number of amides is 1. The molecule has 2 aromatic heterocycles. The monoisotopic (exact) mass is 557 g/mol. The Morgan fingerprint density at radius 2 is 1.82 bits per heavy atom. The van der Waals surface area contributed by atoms with E-state index in [-0.39, 0.29) is 28.8 Å². The number of aromatic nitrogens is 3. The number of benzene rings is 2. The zero-order valence-corrected chi connectivity index (χ0v) is 22.3. The normalized spacial score (nSPS) is 14.7. The molecule has 1 amide bonds. The molecule has 0 saturated carbocycles. The summed E-state index contributed by atoms with van der Waals surface area (Å²) in [5.74, 6) is 1.30. The first-order valence-corrected chi connectivity index (χ1v) is 13.1. The number of fused-ring (bicyclic) bond motifs is 1. The maximum atomic E-state index is 13.4. The van der Waals surface area contributed by atoms with Crippen LogP contribution in [0.1, 0.15) is 42.0 Å². The van der Waals surface area contributed by atoms with E-state index < -0.39 is 11.7 Å². The van der Waals surface area contributed by atoms with Crippen LogP contribution in [-0.2, 0) is 12.6 Å². The number of nitrogens with zero attached hydrogens (tertiary/aromatic N) is 5. The highest BCUT2D eigenvalue weighted by Gasteiger charge is 2.32. The Bertz CT molecular complexity index is 1490. The second-order valence-corrected chi connectivity index (χ2v) is 10.4. The number of carbonyl (C=O) groups is 1. The second kappa shape index (κ2) is 10.8. The molecule has 1 aliphatic heterocycles. The van der Waals surface area contributed by atoms with Gasteiger partial charge in [-0.15, -0.1) is 0 Å². The van der Waals surface area contributed by atoms with Crippen LogP contribution in [0.3, 0.4) is 0 Å². The fraction of sp³-hybridized carbons (Fsp3) is 0.357. The summed E-state index contributed by atoms with van der Waals surface area (Å²) in [5.41, 5.74) is 0.518. The minimum atomic E-state index is -4.50. The van der Waals surface area contributed by atoms with Crippen molar-refractivity contribution in [1.82, 2.24) is 20.0 Å². The molecule has 204 valence electrons. The number of hydrogen-bond acceptors (Lipinski definition) is 6. The third kappa shape index (κ3) is 5.85. The highest BCUT2D eigenvalue weighted by Crippen LogP contribution is 2.37. The van der Waals surface area contributed by atoms with E-state index in [1.165, 1.54) is 6.07 Å². The van der Waals surface area contributed by atoms with Gasteiger partial charge in [0.1, 0.15) is 22.7 Å². The molecule has 0 aliphatic carbocycles. The Hall–Kier alpha value is -3.66. The molecule has 4 aromatic rings. The van der Waals surface area contributed by atoms with Crippen LogP contribution in [0.5, 0.6) is 0 Å². The van der Waals surface area contributed by atoms with Crippen LogP contribution in [0.2, 0.25) is 5.02 Å². The topological polar surface area (TPSA) is 75.4 Å². The predicted octanol–water partition coefficient (Wildman–Crippen LogP) is 6.51. The summed E-state index contributed by atoms with van der Waals surface area (Å²) in [6, 6.07) is 11.8. The van der Waals surface area contributed by atoms with Crippen LogP contribution in [0, 0.1) is 5.92 Å². The van der Waals surface area contributed by atoms with Gasteiger partial charge < -0.3 is 14.3 Å². The molecule has 3 heterocycles. The molecule has 11 heteroatoms. The minimum absolute atomic E-state index is 0.0866. The number of halogens is 4. The van der Waals surface area contributed by atoms with E-state index in [4.69, 9.17) is 21.1 Å². The lowest BCUT2D eigenvalue weighted by Crippen LogP contribution is -2.35. The number of hydrogen-bond donors (Lipinski definition) is 0. The van der Waals surface area contributed by atoms with E-state index in [1.54, 1.807) is 35.2 Å². The Labute approximate surface area is 228 Å².